The average molecular weight is 334 g/mol. The number of nitrogens with zero attached hydrogens (tertiary/aromatic N) is 2. The van der Waals surface area contributed by atoms with Crippen LogP contribution in [0, 0.1) is 13.8 Å². The zero-order valence-electron chi connectivity index (χ0n) is 14.8. The number of rotatable bonds is 1. The van der Waals surface area contributed by atoms with Gasteiger partial charge in [-0.3, -0.25) is 4.98 Å². The van der Waals surface area contributed by atoms with Crippen LogP contribution >= 0.6 is 0 Å². The summed E-state index contributed by atoms with van der Waals surface area (Å²) in [6, 6.07) is 23.3. The summed E-state index contributed by atoms with van der Waals surface area (Å²) in [5.41, 5.74) is 6.52. The molecule has 0 unspecified atom stereocenters. The third kappa shape index (κ3) is 2.19. The molecule has 124 valence electrons. The van der Waals surface area contributed by atoms with Crippen molar-refractivity contribution in [1.82, 2.24) is 9.97 Å². The molecule has 0 saturated heterocycles. The number of benzene rings is 4. The van der Waals surface area contributed by atoms with Crippen LogP contribution in [0.25, 0.3) is 43.8 Å². The normalized spacial score (nSPS) is 11.5. The quantitative estimate of drug-likeness (QED) is 0.340. The average Bonchev–Trinajstić information content (AvgIpc) is 2.70. The fraction of sp³-hybridized carbons (Fsp3) is 0.0833. The van der Waals surface area contributed by atoms with E-state index in [4.69, 9.17) is 9.97 Å². The van der Waals surface area contributed by atoms with E-state index in [2.05, 4.69) is 62.4 Å². The van der Waals surface area contributed by atoms with Gasteiger partial charge in [0.05, 0.1) is 22.9 Å². The van der Waals surface area contributed by atoms with E-state index in [0.29, 0.717) is 0 Å². The molecule has 5 aromatic rings. The minimum atomic E-state index is 0.910. The third-order valence-electron chi connectivity index (χ3n) is 5.20. The monoisotopic (exact) mass is 334 g/mol. The second-order valence-corrected chi connectivity index (χ2v) is 6.85. The molecule has 1 aromatic heterocycles. The van der Waals surface area contributed by atoms with Crippen molar-refractivity contribution in [3.63, 3.8) is 0 Å². The lowest BCUT2D eigenvalue weighted by atomic mass is 9.95. The van der Waals surface area contributed by atoms with Crippen LogP contribution in [0.4, 0.5) is 0 Å². The molecule has 0 aliphatic rings. The molecule has 1 heterocycles. The van der Waals surface area contributed by atoms with Crippen molar-refractivity contribution in [2.75, 3.05) is 0 Å². The van der Waals surface area contributed by atoms with E-state index in [1.807, 2.05) is 24.4 Å². The first-order valence-corrected chi connectivity index (χ1v) is 8.86. The molecule has 2 nitrogen and oxygen atoms in total. The Morgan fingerprint density at radius 2 is 1.27 bits per heavy atom. The van der Waals surface area contributed by atoms with Crippen LogP contribution < -0.4 is 0 Å². The number of hydrogen-bond acceptors (Lipinski definition) is 2. The molecule has 5 rings (SSSR count). The summed E-state index contributed by atoms with van der Waals surface area (Å²) in [5, 5.41) is 4.81. The lowest BCUT2D eigenvalue weighted by Crippen LogP contribution is -1.93. The van der Waals surface area contributed by atoms with Crippen molar-refractivity contribution in [2.24, 2.45) is 0 Å². The maximum atomic E-state index is 5.03. The first kappa shape index (κ1) is 15.0. The Hall–Kier alpha value is -3.26. The number of aryl methyl sites for hydroxylation is 2. The van der Waals surface area contributed by atoms with Crippen LogP contribution in [0.15, 0.2) is 72.9 Å². The van der Waals surface area contributed by atoms with E-state index in [1.165, 1.54) is 27.3 Å². The lowest BCUT2D eigenvalue weighted by molar-refractivity contribution is 1.30. The van der Waals surface area contributed by atoms with Crippen molar-refractivity contribution in [2.45, 2.75) is 13.8 Å². The van der Waals surface area contributed by atoms with Crippen molar-refractivity contribution < 1.29 is 0 Å². The molecule has 0 atom stereocenters. The van der Waals surface area contributed by atoms with E-state index in [0.717, 1.165) is 27.7 Å². The fourth-order valence-corrected chi connectivity index (χ4v) is 3.68. The fourth-order valence-electron chi connectivity index (χ4n) is 3.68. The molecule has 2 heteroatoms. The first-order chi connectivity index (χ1) is 12.7. The van der Waals surface area contributed by atoms with E-state index in [-0.39, 0.29) is 0 Å². The van der Waals surface area contributed by atoms with E-state index < -0.39 is 0 Å². The molecule has 26 heavy (non-hydrogen) atoms. The molecule has 0 spiro atoms. The Morgan fingerprint density at radius 3 is 2.04 bits per heavy atom. The van der Waals surface area contributed by atoms with E-state index >= 15 is 0 Å². The summed E-state index contributed by atoms with van der Waals surface area (Å²) < 4.78 is 0. The van der Waals surface area contributed by atoms with Gasteiger partial charge in [0.15, 0.2) is 0 Å². The topological polar surface area (TPSA) is 25.8 Å². The Balaban J connectivity index is 1.98. The van der Waals surface area contributed by atoms with Gasteiger partial charge < -0.3 is 0 Å². The van der Waals surface area contributed by atoms with Crippen molar-refractivity contribution in [3.05, 3.63) is 84.1 Å². The minimum Gasteiger partial charge on any atom is -0.252 e. The predicted molar refractivity (Wildman–Crippen MR) is 109 cm³/mol. The minimum absolute atomic E-state index is 0.910. The van der Waals surface area contributed by atoms with Crippen LogP contribution in [0.3, 0.4) is 0 Å². The smallest absolute Gasteiger partial charge is 0.0979 e. The van der Waals surface area contributed by atoms with Gasteiger partial charge in [-0.1, -0.05) is 60.7 Å². The SMILES string of the molecule is Cc1cc2c3ccccc3c3ncc(-c4ccccc4)nc3c2cc1C. The maximum Gasteiger partial charge on any atom is 0.0979 e. The Kier molecular flexibility index (Phi) is 3.26. The summed E-state index contributed by atoms with van der Waals surface area (Å²) in [4.78, 5) is 9.86. The summed E-state index contributed by atoms with van der Waals surface area (Å²) in [6.45, 7) is 4.32. The highest BCUT2D eigenvalue weighted by Crippen LogP contribution is 2.35. The third-order valence-corrected chi connectivity index (χ3v) is 5.20. The molecule has 0 amide bonds. The van der Waals surface area contributed by atoms with Gasteiger partial charge >= 0.3 is 0 Å². The van der Waals surface area contributed by atoms with E-state index in [1.54, 1.807) is 0 Å². The summed E-state index contributed by atoms with van der Waals surface area (Å²) in [5.74, 6) is 0. The molecule has 0 bridgehead atoms. The molecule has 0 fully saturated rings. The van der Waals surface area contributed by atoms with E-state index in [9.17, 15) is 0 Å². The molecule has 0 aliphatic carbocycles. The van der Waals surface area contributed by atoms with Gasteiger partial charge in [0, 0.05) is 16.3 Å². The van der Waals surface area contributed by atoms with Crippen LogP contribution in [-0.4, -0.2) is 9.97 Å². The van der Waals surface area contributed by atoms with Crippen LogP contribution in [0.5, 0.6) is 0 Å². The van der Waals surface area contributed by atoms with Gasteiger partial charge in [0.1, 0.15) is 0 Å². The molecular weight excluding hydrogens is 316 g/mol. The standard InChI is InChI=1S/C24H18N2/c1-15-12-20-18-10-6-7-11-19(18)23-24(21(20)13-16(15)2)26-22(14-25-23)17-8-4-3-5-9-17/h3-14H,1-2H3. The number of aromatic nitrogens is 2. The van der Waals surface area contributed by atoms with Crippen molar-refractivity contribution in [3.8, 4) is 11.3 Å². The van der Waals surface area contributed by atoms with Crippen molar-refractivity contribution in [1.29, 1.82) is 0 Å². The Bertz CT molecular complexity index is 1290. The van der Waals surface area contributed by atoms with Gasteiger partial charge in [0.25, 0.3) is 0 Å². The molecule has 0 aliphatic heterocycles. The first-order valence-electron chi connectivity index (χ1n) is 8.86. The second kappa shape index (κ2) is 5.63. The Morgan fingerprint density at radius 1 is 0.615 bits per heavy atom. The highest BCUT2D eigenvalue weighted by atomic mass is 14.8. The largest absolute Gasteiger partial charge is 0.252 e. The molecule has 0 radical (unpaired) electrons. The summed E-state index contributed by atoms with van der Waals surface area (Å²) in [7, 11) is 0. The predicted octanol–water partition coefficient (Wildman–Crippen LogP) is 6.22. The maximum absolute atomic E-state index is 5.03. The van der Waals surface area contributed by atoms with Crippen molar-refractivity contribution >= 4 is 32.6 Å². The number of hydrogen-bond donors (Lipinski definition) is 0. The molecular formula is C24H18N2. The molecule has 4 aromatic carbocycles. The van der Waals surface area contributed by atoms with Crippen LogP contribution in [0.2, 0.25) is 0 Å². The number of fused-ring (bicyclic) bond motifs is 6. The zero-order valence-corrected chi connectivity index (χ0v) is 14.8. The van der Waals surface area contributed by atoms with Crippen LogP contribution in [-0.2, 0) is 0 Å². The molecule has 0 saturated carbocycles. The van der Waals surface area contributed by atoms with Gasteiger partial charge in [0.2, 0.25) is 0 Å². The highest BCUT2D eigenvalue weighted by Gasteiger charge is 2.13. The summed E-state index contributed by atoms with van der Waals surface area (Å²) in [6.07, 6.45) is 1.89. The van der Waals surface area contributed by atoms with Gasteiger partial charge in [-0.05, 0) is 41.8 Å². The van der Waals surface area contributed by atoms with Gasteiger partial charge in [-0.15, -0.1) is 0 Å². The van der Waals surface area contributed by atoms with Gasteiger partial charge in [-0.25, -0.2) is 4.98 Å². The van der Waals surface area contributed by atoms with Crippen LogP contribution in [0.1, 0.15) is 11.1 Å². The molecule has 0 N–H and O–H groups in total. The lowest BCUT2D eigenvalue weighted by Gasteiger charge is -2.12. The summed E-state index contributed by atoms with van der Waals surface area (Å²) >= 11 is 0. The highest BCUT2D eigenvalue weighted by molar-refractivity contribution is 6.23. The Labute approximate surface area is 152 Å². The van der Waals surface area contributed by atoms with Gasteiger partial charge in [-0.2, -0.15) is 0 Å². The zero-order chi connectivity index (χ0) is 17.7. The second-order valence-electron chi connectivity index (χ2n) is 6.85.